The SMILES string of the molecule is CCOC(=O)c1c(NC(=O)c2cccc(Cl)c2)sc2c1CCN(CC)C2.Cl. The molecular formula is C19H22Cl2N2O3S. The summed E-state index contributed by atoms with van der Waals surface area (Å²) in [6.45, 7) is 6.83. The summed E-state index contributed by atoms with van der Waals surface area (Å²) in [5.74, 6) is -0.666. The topological polar surface area (TPSA) is 58.6 Å². The molecule has 1 amide bonds. The number of ether oxygens (including phenoxy) is 1. The van der Waals surface area contributed by atoms with Crippen LogP contribution in [0.15, 0.2) is 24.3 Å². The number of anilines is 1. The number of carbonyl (C=O) groups is 2. The number of halogens is 2. The van der Waals surface area contributed by atoms with Gasteiger partial charge in [-0.05, 0) is 43.7 Å². The molecule has 0 saturated heterocycles. The van der Waals surface area contributed by atoms with Crippen molar-refractivity contribution in [2.24, 2.45) is 0 Å². The summed E-state index contributed by atoms with van der Waals surface area (Å²) in [4.78, 5) is 28.6. The molecular weight excluding hydrogens is 407 g/mol. The fourth-order valence-corrected chi connectivity index (χ4v) is 4.50. The van der Waals surface area contributed by atoms with E-state index < -0.39 is 0 Å². The zero-order valence-electron chi connectivity index (χ0n) is 15.2. The largest absolute Gasteiger partial charge is 0.462 e. The minimum absolute atomic E-state index is 0. The average molecular weight is 429 g/mol. The van der Waals surface area contributed by atoms with Crippen molar-refractivity contribution in [1.29, 1.82) is 0 Å². The van der Waals surface area contributed by atoms with Gasteiger partial charge in [0, 0.05) is 28.6 Å². The third-order valence-electron chi connectivity index (χ3n) is 4.38. The summed E-state index contributed by atoms with van der Waals surface area (Å²) in [6, 6.07) is 6.73. The number of nitrogens with one attached hydrogen (secondary N) is 1. The maximum Gasteiger partial charge on any atom is 0.341 e. The third-order valence-corrected chi connectivity index (χ3v) is 5.74. The number of carbonyl (C=O) groups excluding carboxylic acids is 2. The lowest BCUT2D eigenvalue weighted by Crippen LogP contribution is -2.30. The van der Waals surface area contributed by atoms with Gasteiger partial charge in [0.05, 0.1) is 12.2 Å². The molecule has 0 radical (unpaired) electrons. The molecule has 1 aromatic carbocycles. The molecule has 8 heteroatoms. The van der Waals surface area contributed by atoms with E-state index in [2.05, 4.69) is 17.1 Å². The number of amides is 1. The van der Waals surface area contributed by atoms with Crippen LogP contribution < -0.4 is 5.32 Å². The molecule has 2 heterocycles. The molecule has 0 aliphatic carbocycles. The number of likely N-dealkylation sites (N-methyl/N-ethyl adjacent to an activating group) is 1. The van der Waals surface area contributed by atoms with Gasteiger partial charge in [0.25, 0.3) is 5.91 Å². The molecule has 0 spiro atoms. The zero-order chi connectivity index (χ0) is 18.7. The summed E-state index contributed by atoms with van der Waals surface area (Å²) >= 11 is 7.43. The highest BCUT2D eigenvalue weighted by Gasteiger charge is 2.29. The monoisotopic (exact) mass is 428 g/mol. The van der Waals surface area contributed by atoms with Crippen LogP contribution in [0.1, 0.15) is 45.0 Å². The van der Waals surface area contributed by atoms with Crippen LogP contribution in [-0.2, 0) is 17.7 Å². The number of esters is 1. The van der Waals surface area contributed by atoms with Crippen molar-refractivity contribution in [3.8, 4) is 0 Å². The normalized spacial score (nSPS) is 13.4. The first-order valence-corrected chi connectivity index (χ1v) is 9.83. The highest BCUT2D eigenvalue weighted by Crippen LogP contribution is 2.38. The van der Waals surface area contributed by atoms with E-state index in [1.165, 1.54) is 11.3 Å². The molecule has 146 valence electrons. The second-order valence-electron chi connectivity index (χ2n) is 6.01. The van der Waals surface area contributed by atoms with Gasteiger partial charge in [0.2, 0.25) is 0 Å². The Bertz CT molecular complexity index is 838. The molecule has 27 heavy (non-hydrogen) atoms. The second-order valence-corrected chi connectivity index (χ2v) is 7.55. The molecule has 0 atom stereocenters. The zero-order valence-corrected chi connectivity index (χ0v) is 17.6. The van der Waals surface area contributed by atoms with E-state index in [4.69, 9.17) is 16.3 Å². The Kier molecular flexibility index (Phi) is 7.68. The fraction of sp³-hybridized carbons (Fsp3) is 0.368. The van der Waals surface area contributed by atoms with Crippen molar-refractivity contribution in [3.05, 3.63) is 50.9 Å². The minimum atomic E-state index is -0.378. The van der Waals surface area contributed by atoms with Crippen molar-refractivity contribution >= 4 is 52.2 Å². The van der Waals surface area contributed by atoms with E-state index in [9.17, 15) is 9.59 Å². The van der Waals surface area contributed by atoms with Crippen LogP contribution in [0.2, 0.25) is 5.02 Å². The number of fused-ring (bicyclic) bond motifs is 1. The van der Waals surface area contributed by atoms with Crippen LogP contribution in [0.25, 0.3) is 0 Å². The van der Waals surface area contributed by atoms with Gasteiger partial charge in [-0.3, -0.25) is 9.69 Å². The lowest BCUT2D eigenvalue weighted by atomic mass is 10.0. The summed E-state index contributed by atoms with van der Waals surface area (Å²) in [5, 5.41) is 3.93. The minimum Gasteiger partial charge on any atom is -0.462 e. The number of hydrogen-bond donors (Lipinski definition) is 1. The first-order chi connectivity index (χ1) is 12.5. The summed E-state index contributed by atoms with van der Waals surface area (Å²) in [7, 11) is 0. The molecule has 2 aromatic rings. The van der Waals surface area contributed by atoms with Gasteiger partial charge >= 0.3 is 5.97 Å². The third kappa shape index (κ3) is 4.82. The van der Waals surface area contributed by atoms with Crippen LogP contribution in [0.3, 0.4) is 0 Å². The Labute approximate surface area is 174 Å². The Hall–Kier alpha value is -1.60. The molecule has 0 unspecified atom stereocenters. The molecule has 3 rings (SSSR count). The predicted octanol–water partition coefficient (Wildman–Crippen LogP) is 4.63. The van der Waals surface area contributed by atoms with E-state index in [-0.39, 0.29) is 24.3 Å². The lowest BCUT2D eigenvalue weighted by molar-refractivity contribution is 0.0526. The van der Waals surface area contributed by atoms with Gasteiger partial charge in [-0.2, -0.15) is 0 Å². The van der Waals surface area contributed by atoms with Crippen LogP contribution in [-0.4, -0.2) is 36.5 Å². The van der Waals surface area contributed by atoms with Crippen molar-refractivity contribution < 1.29 is 14.3 Å². The molecule has 5 nitrogen and oxygen atoms in total. The number of hydrogen-bond acceptors (Lipinski definition) is 5. The second kappa shape index (κ2) is 9.55. The molecule has 0 bridgehead atoms. The molecule has 0 fully saturated rings. The van der Waals surface area contributed by atoms with Crippen molar-refractivity contribution in [2.75, 3.05) is 25.0 Å². The van der Waals surface area contributed by atoms with E-state index in [1.807, 2.05) is 0 Å². The Morgan fingerprint density at radius 2 is 2.11 bits per heavy atom. The lowest BCUT2D eigenvalue weighted by Gasteiger charge is -2.25. The first-order valence-electron chi connectivity index (χ1n) is 8.64. The van der Waals surface area contributed by atoms with Crippen molar-refractivity contribution in [1.82, 2.24) is 4.90 Å². The number of nitrogens with zero attached hydrogens (tertiary/aromatic N) is 1. The van der Waals surface area contributed by atoms with Gasteiger partial charge in [-0.25, -0.2) is 4.79 Å². The van der Waals surface area contributed by atoms with E-state index in [0.717, 1.165) is 36.5 Å². The number of benzene rings is 1. The van der Waals surface area contributed by atoms with Crippen LogP contribution >= 0.6 is 35.3 Å². The predicted molar refractivity (Wildman–Crippen MR) is 112 cm³/mol. The van der Waals surface area contributed by atoms with Gasteiger partial charge in [-0.15, -0.1) is 23.7 Å². The molecule has 0 saturated carbocycles. The standard InChI is InChI=1S/C19H21ClN2O3S.ClH/c1-3-22-9-8-14-15(11-22)26-18(16(14)19(24)25-4-2)21-17(23)12-6-5-7-13(20)10-12;/h5-7,10H,3-4,8-9,11H2,1-2H3,(H,21,23);1H. The molecule has 1 aromatic heterocycles. The van der Waals surface area contributed by atoms with Crippen LogP contribution in [0, 0.1) is 0 Å². The van der Waals surface area contributed by atoms with Crippen LogP contribution in [0.5, 0.6) is 0 Å². The fourth-order valence-electron chi connectivity index (χ4n) is 3.04. The highest BCUT2D eigenvalue weighted by atomic mass is 35.5. The van der Waals surface area contributed by atoms with Gasteiger partial charge in [0.1, 0.15) is 5.00 Å². The van der Waals surface area contributed by atoms with Crippen molar-refractivity contribution in [2.45, 2.75) is 26.8 Å². The average Bonchev–Trinajstić information content (AvgIpc) is 2.98. The Morgan fingerprint density at radius 1 is 1.33 bits per heavy atom. The quantitative estimate of drug-likeness (QED) is 0.705. The Balaban J connectivity index is 0.00000261. The first kappa shape index (κ1) is 21.7. The Morgan fingerprint density at radius 3 is 2.78 bits per heavy atom. The van der Waals surface area contributed by atoms with E-state index in [0.29, 0.717) is 27.8 Å². The molecule has 1 N–H and O–H groups in total. The van der Waals surface area contributed by atoms with Gasteiger partial charge < -0.3 is 10.1 Å². The maximum atomic E-state index is 12.6. The molecule has 1 aliphatic rings. The highest BCUT2D eigenvalue weighted by molar-refractivity contribution is 7.17. The maximum absolute atomic E-state index is 12.6. The summed E-state index contributed by atoms with van der Waals surface area (Å²) < 4.78 is 5.23. The molecule has 1 aliphatic heterocycles. The van der Waals surface area contributed by atoms with Crippen LogP contribution in [0.4, 0.5) is 5.00 Å². The summed E-state index contributed by atoms with van der Waals surface area (Å²) in [6.07, 6.45) is 0.779. The smallest absolute Gasteiger partial charge is 0.341 e. The van der Waals surface area contributed by atoms with Crippen molar-refractivity contribution in [3.63, 3.8) is 0 Å². The van der Waals surface area contributed by atoms with E-state index in [1.54, 1.807) is 31.2 Å². The number of rotatable bonds is 5. The van der Waals surface area contributed by atoms with E-state index >= 15 is 0 Å². The summed E-state index contributed by atoms with van der Waals surface area (Å²) in [5.41, 5.74) is 1.95. The van der Waals surface area contributed by atoms with Gasteiger partial charge in [0.15, 0.2) is 0 Å². The van der Waals surface area contributed by atoms with Gasteiger partial charge in [-0.1, -0.05) is 24.6 Å². The number of thiophene rings is 1.